The lowest BCUT2D eigenvalue weighted by atomic mass is 10.1. The molecule has 0 spiro atoms. The Kier molecular flexibility index (Phi) is 7.98. The molecular weight excluding hydrogens is 338 g/mol. The van der Waals surface area contributed by atoms with Gasteiger partial charge in [-0.2, -0.15) is 0 Å². The van der Waals surface area contributed by atoms with Gasteiger partial charge in [0.15, 0.2) is 0 Å². The van der Waals surface area contributed by atoms with Crippen LogP contribution in [0.2, 0.25) is 0 Å². The van der Waals surface area contributed by atoms with Crippen molar-refractivity contribution in [2.75, 3.05) is 19.6 Å². The number of amides is 1. The van der Waals surface area contributed by atoms with Gasteiger partial charge in [0, 0.05) is 25.6 Å². The lowest BCUT2D eigenvalue weighted by Crippen LogP contribution is -2.46. The summed E-state index contributed by atoms with van der Waals surface area (Å²) in [5.41, 5.74) is 0.999. The Morgan fingerprint density at radius 2 is 2.00 bits per heavy atom. The van der Waals surface area contributed by atoms with Crippen molar-refractivity contribution < 1.29 is 13.2 Å². The molecule has 1 saturated heterocycles. The normalized spacial score (nSPS) is 18.0. The van der Waals surface area contributed by atoms with E-state index in [1.54, 1.807) is 24.3 Å². The molecule has 1 amide bonds. The van der Waals surface area contributed by atoms with E-state index in [2.05, 4.69) is 15.4 Å². The summed E-state index contributed by atoms with van der Waals surface area (Å²) in [6.45, 7) is 3.76. The Bertz CT molecular complexity index is 599. The molecule has 6 nitrogen and oxygen atoms in total. The van der Waals surface area contributed by atoms with E-state index in [-0.39, 0.29) is 42.2 Å². The van der Waals surface area contributed by atoms with Crippen molar-refractivity contribution in [3.8, 4) is 0 Å². The van der Waals surface area contributed by atoms with Crippen LogP contribution in [0.15, 0.2) is 29.2 Å². The fourth-order valence-electron chi connectivity index (χ4n) is 2.37. The number of sulfonamides is 1. The maximum atomic E-state index is 12.1. The summed E-state index contributed by atoms with van der Waals surface area (Å²) in [7, 11) is -3.55. The zero-order chi connectivity index (χ0) is 16.0. The Morgan fingerprint density at radius 3 is 2.61 bits per heavy atom. The van der Waals surface area contributed by atoms with Crippen molar-refractivity contribution >= 4 is 28.3 Å². The summed E-state index contributed by atoms with van der Waals surface area (Å²) in [5, 5.41) is 6.14. The first-order valence-electron chi connectivity index (χ1n) is 7.54. The van der Waals surface area contributed by atoms with Crippen LogP contribution < -0.4 is 15.4 Å². The van der Waals surface area contributed by atoms with E-state index >= 15 is 0 Å². The van der Waals surface area contributed by atoms with Crippen molar-refractivity contribution in [3.05, 3.63) is 29.8 Å². The number of hydrogen-bond acceptors (Lipinski definition) is 4. The summed E-state index contributed by atoms with van der Waals surface area (Å²) in [6, 6.07) is 6.76. The van der Waals surface area contributed by atoms with Crippen LogP contribution in [0.25, 0.3) is 0 Å². The first-order valence-corrected chi connectivity index (χ1v) is 9.02. The first-order chi connectivity index (χ1) is 10.5. The van der Waals surface area contributed by atoms with Crippen LogP contribution >= 0.6 is 12.4 Å². The van der Waals surface area contributed by atoms with Crippen LogP contribution in [0, 0.1) is 6.92 Å². The molecular formula is C15H24ClN3O3S. The van der Waals surface area contributed by atoms with E-state index in [0.29, 0.717) is 0 Å². The van der Waals surface area contributed by atoms with Gasteiger partial charge >= 0.3 is 0 Å². The van der Waals surface area contributed by atoms with Crippen LogP contribution in [0.4, 0.5) is 0 Å². The van der Waals surface area contributed by atoms with Crippen molar-refractivity contribution in [2.45, 2.75) is 37.1 Å². The zero-order valence-electron chi connectivity index (χ0n) is 13.2. The number of nitrogens with one attached hydrogen (secondary N) is 3. The van der Waals surface area contributed by atoms with Gasteiger partial charge in [-0.3, -0.25) is 4.79 Å². The summed E-state index contributed by atoms with van der Waals surface area (Å²) < 4.78 is 26.6. The average molecular weight is 362 g/mol. The lowest BCUT2D eigenvalue weighted by molar-refractivity contribution is -0.121. The molecule has 0 bridgehead atoms. The molecule has 1 heterocycles. The van der Waals surface area contributed by atoms with E-state index in [9.17, 15) is 13.2 Å². The Hall–Kier alpha value is -1.15. The van der Waals surface area contributed by atoms with Crippen molar-refractivity contribution in [1.82, 2.24) is 15.4 Å². The van der Waals surface area contributed by atoms with Gasteiger partial charge in [0.2, 0.25) is 15.9 Å². The highest BCUT2D eigenvalue weighted by molar-refractivity contribution is 7.89. The largest absolute Gasteiger partial charge is 0.352 e. The third-order valence-electron chi connectivity index (χ3n) is 3.64. The minimum atomic E-state index is -3.55. The van der Waals surface area contributed by atoms with E-state index < -0.39 is 10.0 Å². The molecule has 23 heavy (non-hydrogen) atoms. The molecule has 1 aromatic rings. The number of benzene rings is 1. The number of halogens is 1. The van der Waals surface area contributed by atoms with Crippen molar-refractivity contribution in [2.24, 2.45) is 0 Å². The van der Waals surface area contributed by atoms with Crippen LogP contribution in [0.5, 0.6) is 0 Å². The first kappa shape index (κ1) is 19.9. The summed E-state index contributed by atoms with van der Waals surface area (Å²) in [6.07, 6.45) is 2.15. The Balaban J connectivity index is 0.00000264. The highest BCUT2D eigenvalue weighted by Crippen LogP contribution is 2.09. The molecule has 130 valence electrons. The molecule has 1 aromatic carbocycles. The average Bonchev–Trinajstić information content (AvgIpc) is 2.48. The van der Waals surface area contributed by atoms with Crippen LogP contribution in [-0.4, -0.2) is 40.0 Å². The highest BCUT2D eigenvalue weighted by atomic mass is 35.5. The topological polar surface area (TPSA) is 87.3 Å². The Labute approximate surface area is 143 Å². The minimum Gasteiger partial charge on any atom is -0.352 e. The molecule has 1 atom stereocenters. The SMILES string of the molecule is Cc1ccc(S(=O)(=O)NCCC(=O)N[C@H]2CCCNC2)cc1.Cl. The van der Waals surface area contributed by atoms with Crippen molar-refractivity contribution in [1.29, 1.82) is 0 Å². The summed E-state index contributed by atoms with van der Waals surface area (Å²) >= 11 is 0. The van der Waals surface area contributed by atoms with E-state index in [4.69, 9.17) is 0 Å². The number of aryl methyl sites for hydroxylation is 1. The lowest BCUT2D eigenvalue weighted by Gasteiger charge is -2.23. The van der Waals surface area contributed by atoms with Gasteiger partial charge in [-0.25, -0.2) is 13.1 Å². The third-order valence-corrected chi connectivity index (χ3v) is 5.11. The molecule has 0 unspecified atom stereocenters. The number of rotatable bonds is 6. The van der Waals surface area contributed by atoms with E-state index in [0.717, 1.165) is 31.5 Å². The van der Waals surface area contributed by atoms with Gasteiger partial charge in [-0.05, 0) is 38.4 Å². The molecule has 1 aliphatic heterocycles. The molecule has 8 heteroatoms. The number of piperidine rings is 1. The maximum absolute atomic E-state index is 12.1. The van der Waals surface area contributed by atoms with Gasteiger partial charge in [-0.15, -0.1) is 12.4 Å². The molecule has 0 radical (unpaired) electrons. The summed E-state index contributed by atoms with van der Waals surface area (Å²) in [4.78, 5) is 12.0. The monoisotopic (exact) mass is 361 g/mol. The quantitative estimate of drug-likeness (QED) is 0.704. The minimum absolute atomic E-state index is 0. The fourth-order valence-corrected chi connectivity index (χ4v) is 3.41. The molecule has 1 fully saturated rings. The second-order valence-corrected chi connectivity index (χ2v) is 7.34. The second-order valence-electron chi connectivity index (χ2n) is 5.57. The molecule has 0 saturated carbocycles. The maximum Gasteiger partial charge on any atom is 0.240 e. The van der Waals surface area contributed by atoms with E-state index in [1.807, 2.05) is 6.92 Å². The van der Waals surface area contributed by atoms with E-state index in [1.165, 1.54) is 0 Å². The molecule has 1 aliphatic rings. The smallest absolute Gasteiger partial charge is 0.240 e. The van der Waals surface area contributed by atoms with Gasteiger partial charge in [0.1, 0.15) is 0 Å². The number of carbonyl (C=O) groups is 1. The highest BCUT2D eigenvalue weighted by Gasteiger charge is 2.17. The molecule has 3 N–H and O–H groups in total. The predicted molar refractivity (Wildman–Crippen MR) is 92.3 cm³/mol. The van der Waals surface area contributed by atoms with Gasteiger partial charge in [0.05, 0.1) is 4.90 Å². The number of hydrogen-bond donors (Lipinski definition) is 3. The third kappa shape index (κ3) is 6.47. The second kappa shape index (κ2) is 9.22. The van der Waals surface area contributed by atoms with Crippen LogP contribution in [0.1, 0.15) is 24.8 Å². The summed E-state index contributed by atoms with van der Waals surface area (Å²) in [5.74, 6) is -0.125. The molecule has 0 aromatic heterocycles. The van der Waals surface area contributed by atoms with Crippen LogP contribution in [0.3, 0.4) is 0 Å². The zero-order valence-corrected chi connectivity index (χ0v) is 14.8. The molecule has 0 aliphatic carbocycles. The van der Waals surface area contributed by atoms with Gasteiger partial charge < -0.3 is 10.6 Å². The Morgan fingerprint density at radius 1 is 1.30 bits per heavy atom. The van der Waals surface area contributed by atoms with Gasteiger partial charge in [0.25, 0.3) is 0 Å². The fraction of sp³-hybridized carbons (Fsp3) is 0.533. The predicted octanol–water partition coefficient (Wildman–Crippen LogP) is 0.953. The molecule has 2 rings (SSSR count). The van der Waals surface area contributed by atoms with Gasteiger partial charge in [-0.1, -0.05) is 17.7 Å². The standard InChI is InChI=1S/C15H23N3O3S.ClH/c1-12-4-6-14(7-5-12)22(20,21)17-10-8-15(19)18-13-3-2-9-16-11-13;/h4-7,13,16-17H,2-3,8-11H2,1H3,(H,18,19);1H/t13-;/m0./s1. The number of carbonyl (C=O) groups excluding carboxylic acids is 1. The van der Waals surface area contributed by atoms with Crippen LogP contribution in [-0.2, 0) is 14.8 Å². The van der Waals surface area contributed by atoms with Crippen molar-refractivity contribution in [3.63, 3.8) is 0 Å².